The van der Waals surface area contributed by atoms with Crippen molar-refractivity contribution in [3.8, 4) is 0 Å². The fourth-order valence-corrected chi connectivity index (χ4v) is 4.48. The summed E-state index contributed by atoms with van der Waals surface area (Å²) in [6, 6.07) is 27.5. The molecule has 3 heteroatoms. The Balaban J connectivity index is 1.49. The number of morpholine rings is 1. The van der Waals surface area contributed by atoms with Crippen LogP contribution in [0.4, 0.5) is 0 Å². The van der Waals surface area contributed by atoms with Crippen molar-refractivity contribution in [2.45, 2.75) is 25.5 Å². The van der Waals surface area contributed by atoms with E-state index in [1.807, 2.05) is 23.1 Å². The molecule has 1 aliphatic heterocycles. The summed E-state index contributed by atoms with van der Waals surface area (Å²) in [5, 5.41) is 0. The average Bonchev–Trinajstić information content (AvgIpc) is 2.94. The maximum atomic E-state index is 12.5. The molecule has 1 aliphatic carbocycles. The van der Waals surface area contributed by atoms with Gasteiger partial charge in [-0.2, -0.15) is 0 Å². The number of amides is 1. The van der Waals surface area contributed by atoms with Crippen LogP contribution in [0.5, 0.6) is 0 Å². The van der Waals surface area contributed by atoms with Crippen molar-refractivity contribution < 1.29 is 9.53 Å². The molecular formula is C27H25NO2. The number of hydrogen-bond donors (Lipinski definition) is 0. The lowest BCUT2D eigenvalue weighted by Gasteiger charge is -2.32. The molecule has 0 saturated carbocycles. The van der Waals surface area contributed by atoms with Gasteiger partial charge in [0.15, 0.2) is 0 Å². The van der Waals surface area contributed by atoms with Crippen LogP contribution in [0, 0.1) is 0 Å². The van der Waals surface area contributed by atoms with Gasteiger partial charge in [-0.1, -0.05) is 78.9 Å². The van der Waals surface area contributed by atoms with E-state index in [-0.39, 0.29) is 18.6 Å². The van der Waals surface area contributed by atoms with E-state index in [2.05, 4.69) is 66.7 Å². The highest BCUT2D eigenvalue weighted by Crippen LogP contribution is 2.34. The van der Waals surface area contributed by atoms with E-state index in [4.69, 9.17) is 4.74 Å². The van der Waals surface area contributed by atoms with Crippen LogP contribution in [-0.2, 0) is 28.9 Å². The molecule has 0 radical (unpaired) electrons. The average molecular weight is 396 g/mol. The van der Waals surface area contributed by atoms with Gasteiger partial charge < -0.3 is 9.64 Å². The Morgan fingerprint density at radius 2 is 1.43 bits per heavy atom. The Morgan fingerprint density at radius 1 is 0.833 bits per heavy atom. The highest BCUT2D eigenvalue weighted by molar-refractivity contribution is 5.84. The second-order valence-corrected chi connectivity index (χ2v) is 8.00. The Hall–Kier alpha value is -3.17. The zero-order valence-corrected chi connectivity index (χ0v) is 17.0. The first-order valence-corrected chi connectivity index (χ1v) is 10.6. The number of fused-ring (bicyclic) bond motifs is 2. The lowest BCUT2D eigenvalue weighted by atomic mass is 9.92. The number of aryl methyl sites for hydroxylation is 2. The topological polar surface area (TPSA) is 29.5 Å². The summed E-state index contributed by atoms with van der Waals surface area (Å²) in [5.41, 5.74) is 7.65. The molecule has 150 valence electrons. The van der Waals surface area contributed by atoms with Crippen molar-refractivity contribution >= 4 is 11.5 Å². The van der Waals surface area contributed by atoms with Crippen LogP contribution in [-0.4, -0.2) is 30.1 Å². The third-order valence-corrected chi connectivity index (χ3v) is 6.02. The Bertz CT molecular complexity index is 1040. The van der Waals surface area contributed by atoms with Gasteiger partial charge in [-0.25, -0.2) is 0 Å². The van der Waals surface area contributed by atoms with Crippen LogP contribution < -0.4 is 0 Å². The van der Waals surface area contributed by atoms with Crippen molar-refractivity contribution in [2.75, 3.05) is 13.2 Å². The van der Waals surface area contributed by atoms with Gasteiger partial charge in [-0.15, -0.1) is 0 Å². The molecule has 1 saturated heterocycles. The number of carbonyl (C=O) groups is 1. The number of rotatable bonds is 3. The van der Waals surface area contributed by atoms with Gasteiger partial charge in [0.2, 0.25) is 5.91 Å². The Kier molecular flexibility index (Phi) is 5.20. The quantitative estimate of drug-likeness (QED) is 0.646. The molecule has 1 atom stereocenters. The van der Waals surface area contributed by atoms with Gasteiger partial charge in [-0.05, 0) is 52.3 Å². The van der Waals surface area contributed by atoms with Crippen molar-refractivity contribution in [3.05, 3.63) is 113 Å². The lowest BCUT2D eigenvalue weighted by Crippen LogP contribution is -2.45. The molecule has 0 spiro atoms. The molecule has 1 amide bonds. The molecule has 1 fully saturated rings. The van der Waals surface area contributed by atoms with Crippen LogP contribution in [0.1, 0.15) is 27.8 Å². The van der Waals surface area contributed by atoms with Gasteiger partial charge >= 0.3 is 0 Å². The molecule has 0 bridgehead atoms. The molecular weight excluding hydrogens is 370 g/mol. The van der Waals surface area contributed by atoms with Gasteiger partial charge in [0.1, 0.15) is 6.61 Å². The van der Waals surface area contributed by atoms with E-state index >= 15 is 0 Å². The highest BCUT2D eigenvalue weighted by atomic mass is 16.5. The van der Waals surface area contributed by atoms with Gasteiger partial charge in [0.25, 0.3) is 0 Å². The summed E-state index contributed by atoms with van der Waals surface area (Å²) >= 11 is 0. The lowest BCUT2D eigenvalue weighted by molar-refractivity contribution is -0.147. The number of nitrogens with zero attached hydrogens (tertiary/aromatic N) is 1. The molecule has 1 heterocycles. The predicted octanol–water partition coefficient (Wildman–Crippen LogP) is 4.64. The largest absolute Gasteiger partial charge is 0.362 e. The summed E-state index contributed by atoms with van der Waals surface area (Å²) in [5.74, 6) is 0.0511. The third-order valence-electron chi connectivity index (χ3n) is 6.02. The van der Waals surface area contributed by atoms with E-state index in [0.29, 0.717) is 13.1 Å². The smallest absolute Gasteiger partial charge is 0.249 e. The SMILES string of the molecule is O=C1COC(C=C2c3ccccc3CCc3ccccc32)CN1Cc1ccccc1. The molecule has 3 nitrogen and oxygen atoms in total. The molecule has 2 aliphatic rings. The van der Waals surface area contributed by atoms with E-state index in [0.717, 1.165) is 18.4 Å². The minimum Gasteiger partial charge on any atom is -0.362 e. The molecule has 3 aromatic carbocycles. The molecule has 30 heavy (non-hydrogen) atoms. The maximum Gasteiger partial charge on any atom is 0.249 e. The minimum atomic E-state index is -0.124. The predicted molar refractivity (Wildman–Crippen MR) is 119 cm³/mol. The van der Waals surface area contributed by atoms with Crippen LogP contribution >= 0.6 is 0 Å². The molecule has 3 aromatic rings. The fraction of sp³-hybridized carbons (Fsp3) is 0.222. The summed E-state index contributed by atoms with van der Waals surface area (Å²) in [4.78, 5) is 14.4. The van der Waals surface area contributed by atoms with Crippen molar-refractivity contribution in [2.24, 2.45) is 0 Å². The molecule has 1 unspecified atom stereocenters. The van der Waals surface area contributed by atoms with Gasteiger partial charge in [0.05, 0.1) is 12.6 Å². The van der Waals surface area contributed by atoms with Crippen LogP contribution in [0.25, 0.3) is 5.57 Å². The normalized spacial score (nSPS) is 18.4. The number of carbonyl (C=O) groups excluding carboxylic acids is 1. The molecule has 5 rings (SSSR count). The molecule has 0 aromatic heterocycles. The Labute approximate surface area is 177 Å². The second kappa shape index (κ2) is 8.29. The summed E-state index contributed by atoms with van der Waals surface area (Å²) < 4.78 is 5.96. The number of benzene rings is 3. The monoisotopic (exact) mass is 395 g/mol. The van der Waals surface area contributed by atoms with Crippen molar-refractivity contribution in [3.63, 3.8) is 0 Å². The Morgan fingerprint density at radius 3 is 2.10 bits per heavy atom. The van der Waals surface area contributed by atoms with E-state index in [9.17, 15) is 4.79 Å². The van der Waals surface area contributed by atoms with Crippen LogP contribution in [0.3, 0.4) is 0 Å². The zero-order valence-electron chi connectivity index (χ0n) is 17.0. The molecule has 0 N–H and O–H groups in total. The minimum absolute atomic E-state index is 0.0511. The first-order chi connectivity index (χ1) is 14.8. The summed E-state index contributed by atoms with van der Waals surface area (Å²) in [6.07, 6.45) is 4.18. The van der Waals surface area contributed by atoms with Crippen LogP contribution in [0.15, 0.2) is 84.9 Å². The summed E-state index contributed by atoms with van der Waals surface area (Å²) in [7, 11) is 0. The third kappa shape index (κ3) is 3.81. The second-order valence-electron chi connectivity index (χ2n) is 8.00. The zero-order chi connectivity index (χ0) is 20.3. The first-order valence-electron chi connectivity index (χ1n) is 10.6. The van der Waals surface area contributed by atoms with Crippen molar-refractivity contribution in [1.82, 2.24) is 4.90 Å². The van der Waals surface area contributed by atoms with Gasteiger partial charge in [-0.3, -0.25) is 4.79 Å². The highest BCUT2D eigenvalue weighted by Gasteiger charge is 2.27. The first kappa shape index (κ1) is 18.8. The fourth-order valence-electron chi connectivity index (χ4n) is 4.48. The van der Waals surface area contributed by atoms with Gasteiger partial charge in [0, 0.05) is 6.54 Å². The van der Waals surface area contributed by atoms with Crippen molar-refractivity contribution in [1.29, 1.82) is 0 Å². The standard InChI is InChI=1S/C27H25NO2/c29-27-19-30-23(18-28(27)17-20-8-2-1-3-9-20)16-26-24-12-6-4-10-21(24)14-15-22-11-5-7-13-25(22)26/h1-13,16,23H,14-15,17-19H2. The van der Waals surface area contributed by atoms with E-state index < -0.39 is 0 Å². The van der Waals surface area contributed by atoms with Crippen LogP contribution in [0.2, 0.25) is 0 Å². The number of hydrogen-bond acceptors (Lipinski definition) is 2. The maximum absolute atomic E-state index is 12.5. The summed E-state index contributed by atoms with van der Waals surface area (Å²) in [6.45, 7) is 1.32. The van der Waals surface area contributed by atoms with E-state index in [1.165, 1.54) is 27.8 Å². The van der Waals surface area contributed by atoms with E-state index in [1.54, 1.807) is 0 Å². The number of ether oxygens (including phenoxy) is 1.